The highest BCUT2D eigenvalue weighted by molar-refractivity contribution is 6.32. The van der Waals surface area contributed by atoms with Crippen LogP contribution >= 0.6 is 23.2 Å². The van der Waals surface area contributed by atoms with Crippen molar-refractivity contribution in [2.75, 3.05) is 16.8 Å². The van der Waals surface area contributed by atoms with Gasteiger partial charge in [0.05, 0.1) is 0 Å². The van der Waals surface area contributed by atoms with E-state index in [1.165, 1.54) is 6.92 Å². The zero-order chi connectivity index (χ0) is 18.6. The first-order valence-electron chi connectivity index (χ1n) is 7.89. The molecule has 25 heavy (non-hydrogen) atoms. The van der Waals surface area contributed by atoms with E-state index < -0.39 is 0 Å². The largest absolute Gasteiger partial charge is 0.326 e. The van der Waals surface area contributed by atoms with Gasteiger partial charge in [0.1, 0.15) is 0 Å². The van der Waals surface area contributed by atoms with Crippen molar-refractivity contribution in [1.82, 2.24) is 0 Å². The highest BCUT2D eigenvalue weighted by Crippen LogP contribution is 2.27. The summed E-state index contributed by atoms with van der Waals surface area (Å²) in [5.41, 5.74) is 3.10. The van der Waals surface area contributed by atoms with Gasteiger partial charge in [0.2, 0.25) is 11.8 Å². The van der Waals surface area contributed by atoms with E-state index in [9.17, 15) is 9.59 Å². The molecule has 0 saturated carbocycles. The normalized spacial score (nSPS) is 10.4. The summed E-state index contributed by atoms with van der Waals surface area (Å²) < 4.78 is 0. The van der Waals surface area contributed by atoms with Gasteiger partial charge < -0.3 is 10.2 Å². The number of halogens is 2. The first-order valence-corrected chi connectivity index (χ1v) is 8.64. The van der Waals surface area contributed by atoms with E-state index in [0.717, 1.165) is 11.1 Å². The third-order valence-corrected chi connectivity index (χ3v) is 4.74. The Bertz CT molecular complexity index is 806. The van der Waals surface area contributed by atoms with E-state index in [4.69, 9.17) is 23.2 Å². The van der Waals surface area contributed by atoms with Gasteiger partial charge in [-0.2, -0.15) is 0 Å². The maximum Gasteiger partial charge on any atom is 0.226 e. The molecule has 0 atom stereocenters. The van der Waals surface area contributed by atoms with E-state index >= 15 is 0 Å². The maximum atomic E-state index is 12.2. The Labute approximate surface area is 157 Å². The maximum absolute atomic E-state index is 12.2. The molecule has 6 heteroatoms. The van der Waals surface area contributed by atoms with Crippen molar-refractivity contribution >= 4 is 46.4 Å². The minimum atomic E-state index is -0.189. The van der Waals surface area contributed by atoms with Crippen molar-refractivity contribution in [2.24, 2.45) is 0 Å². The van der Waals surface area contributed by atoms with Crippen LogP contribution in [0.4, 0.5) is 11.4 Å². The molecule has 4 nitrogen and oxygen atoms in total. The molecule has 2 amide bonds. The first kappa shape index (κ1) is 19.3. The summed E-state index contributed by atoms with van der Waals surface area (Å²) in [4.78, 5) is 25.8. The van der Waals surface area contributed by atoms with Gasteiger partial charge in [-0.15, -0.1) is 0 Å². The molecule has 0 bridgehead atoms. The topological polar surface area (TPSA) is 49.4 Å². The standard InChI is InChI=1S/C19H20Cl2N2O2/c1-12-7-8-15(11-17(12)21)22-19(25)9-10-23(14(3)24)18-6-4-5-16(20)13(18)2/h4-8,11H,9-10H2,1-3H3,(H,22,25). The molecule has 0 aliphatic heterocycles. The summed E-state index contributed by atoms with van der Waals surface area (Å²) in [6.45, 7) is 5.48. The number of rotatable bonds is 5. The summed E-state index contributed by atoms with van der Waals surface area (Å²) in [5.74, 6) is -0.331. The molecule has 0 saturated heterocycles. The second-order valence-electron chi connectivity index (χ2n) is 5.82. The lowest BCUT2D eigenvalue weighted by atomic mass is 10.1. The van der Waals surface area contributed by atoms with Gasteiger partial charge >= 0.3 is 0 Å². The van der Waals surface area contributed by atoms with Crippen molar-refractivity contribution in [3.05, 3.63) is 57.6 Å². The van der Waals surface area contributed by atoms with Crippen LogP contribution in [0.2, 0.25) is 10.0 Å². The number of hydrogen-bond acceptors (Lipinski definition) is 2. The second kappa shape index (κ2) is 8.37. The summed E-state index contributed by atoms with van der Waals surface area (Å²) in [7, 11) is 0. The van der Waals surface area contributed by atoms with Gasteiger partial charge in [0.15, 0.2) is 0 Å². The third kappa shape index (κ3) is 4.97. The third-order valence-electron chi connectivity index (χ3n) is 3.93. The fourth-order valence-corrected chi connectivity index (χ4v) is 2.79. The molecule has 0 heterocycles. The zero-order valence-corrected chi connectivity index (χ0v) is 15.9. The molecule has 0 aliphatic carbocycles. The Kier molecular flexibility index (Phi) is 6.45. The molecule has 2 aromatic rings. The van der Waals surface area contributed by atoms with Crippen LogP contribution in [0.5, 0.6) is 0 Å². The van der Waals surface area contributed by atoms with Crippen LogP contribution < -0.4 is 10.2 Å². The van der Waals surface area contributed by atoms with Crippen molar-refractivity contribution in [2.45, 2.75) is 27.2 Å². The highest BCUT2D eigenvalue weighted by Gasteiger charge is 2.16. The van der Waals surface area contributed by atoms with Crippen LogP contribution in [-0.2, 0) is 9.59 Å². The van der Waals surface area contributed by atoms with Gasteiger partial charge in [0.25, 0.3) is 0 Å². The highest BCUT2D eigenvalue weighted by atomic mass is 35.5. The fourth-order valence-electron chi connectivity index (χ4n) is 2.44. The Morgan fingerprint density at radius 2 is 1.80 bits per heavy atom. The molecule has 0 unspecified atom stereocenters. The van der Waals surface area contributed by atoms with Crippen molar-refractivity contribution in [3.8, 4) is 0 Å². The van der Waals surface area contributed by atoms with Crippen LogP contribution in [0.1, 0.15) is 24.5 Å². The molecule has 0 spiro atoms. The molecule has 1 N–H and O–H groups in total. The van der Waals surface area contributed by atoms with Gasteiger partial charge in [-0.05, 0) is 49.2 Å². The SMILES string of the molecule is CC(=O)N(CCC(=O)Nc1ccc(C)c(Cl)c1)c1cccc(Cl)c1C. The van der Waals surface area contributed by atoms with E-state index in [-0.39, 0.29) is 24.8 Å². The van der Waals surface area contributed by atoms with E-state index in [1.54, 1.807) is 29.2 Å². The van der Waals surface area contributed by atoms with Gasteiger partial charge in [-0.1, -0.05) is 35.3 Å². The number of carbonyl (C=O) groups is 2. The number of benzene rings is 2. The van der Waals surface area contributed by atoms with E-state index in [2.05, 4.69) is 5.32 Å². The summed E-state index contributed by atoms with van der Waals surface area (Å²) in [5, 5.41) is 3.98. The predicted molar refractivity (Wildman–Crippen MR) is 104 cm³/mol. The van der Waals surface area contributed by atoms with Crippen LogP contribution in [0.15, 0.2) is 36.4 Å². The van der Waals surface area contributed by atoms with E-state index in [0.29, 0.717) is 21.4 Å². The molecule has 0 aromatic heterocycles. The van der Waals surface area contributed by atoms with Crippen molar-refractivity contribution in [3.63, 3.8) is 0 Å². The number of aryl methyl sites for hydroxylation is 1. The molecule has 0 radical (unpaired) electrons. The number of anilines is 2. The van der Waals surface area contributed by atoms with Crippen molar-refractivity contribution in [1.29, 1.82) is 0 Å². The molecule has 132 valence electrons. The predicted octanol–water partition coefficient (Wildman–Crippen LogP) is 4.99. The van der Waals surface area contributed by atoms with Gasteiger partial charge in [0, 0.05) is 41.3 Å². The molecule has 0 aliphatic rings. The lowest BCUT2D eigenvalue weighted by molar-refractivity contribution is -0.117. The summed E-state index contributed by atoms with van der Waals surface area (Å²) in [6.07, 6.45) is 0.164. The average molecular weight is 379 g/mol. The van der Waals surface area contributed by atoms with Crippen LogP contribution in [0, 0.1) is 13.8 Å². The zero-order valence-electron chi connectivity index (χ0n) is 14.4. The smallest absolute Gasteiger partial charge is 0.226 e. The quantitative estimate of drug-likeness (QED) is 0.796. The fraction of sp³-hybridized carbons (Fsp3) is 0.263. The monoisotopic (exact) mass is 378 g/mol. The Hall–Kier alpha value is -2.04. The number of hydrogen-bond donors (Lipinski definition) is 1. The lowest BCUT2D eigenvalue weighted by Crippen LogP contribution is -2.32. The summed E-state index contributed by atoms with van der Waals surface area (Å²) >= 11 is 12.2. The molecule has 2 rings (SSSR count). The second-order valence-corrected chi connectivity index (χ2v) is 6.63. The number of amides is 2. The van der Waals surface area contributed by atoms with Gasteiger partial charge in [-0.25, -0.2) is 0 Å². The Morgan fingerprint density at radius 1 is 1.08 bits per heavy atom. The van der Waals surface area contributed by atoms with E-state index in [1.807, 2.05) is 26.0 Å². The molecule has 0 fully saturated rings. The van der Waals surface area contributed by atoms with Crippen LogP contribution in [0.3, 0.4) is 0 Å². The number of nitrogens with zero attached hydrogens (tertiary/aromatic N) is 1. The minimum absolute atomic E-state index is 0.142. The first-order chi connectivity index (χ1) is 11.8. The summed E-state index contributed by atoms with van der Waals surface area (Å²) in [6, 6.07) is 10.7. The number of carbonyl (C=O) groups excluding carboxylic acids is 2. The van der Waals surface area contributed by atoms with Crippen molar-refractivity contribution < 1.29 is 9.59 Å². The van der Waals surface area contributed by atoms with Crippen LogP contribution in [-0.4, -0.2) is 18.4 Å². The molecular weight excluding hydrogens is 359 g/mol. The van der Waals surface area contributed by atoms with Gasteiger partial charge in [-0.3, -0.25) is 9.59 Å². The Balaban J connectivity index is 2.05. The molecular formula is C19H20Cl2N2O2. The molecule has 2 aromatic carbocycles. The lowest BCUT2D eigenvalue weighted by Gasteiger charge is -2.23. The van der Waals surface area contributed by atoms with Crippen LogP contribution in [0.25, 0.3) is 0 Å². The minimum Gasteiger partial charge on any atom is -0.326 e. The Morgan fingerprint density at radius 3 is 2.44 bits per heavy atom. The average Bonchev–Trinajstić information content (AvgIpc) is 2.54. The number of nitrogens with one attached hydrogen (secondary N) is 1.